The summed E-state index contributed by atoms with van der Waals surface area (Å²) in [5.41, 5.74) is 0.952. The number of aromatic hydroxyl groups is 1. The van der Waals surface area contributed by atoms with Gasteiger partial charge in [-0.15, -0.1) is 0 Å². The Kier molecular flexibility index (Phi) is 7.57. The van der Waals surface area contributed by atoms with Crippen LogP contribution in [0.15, 0.2) is 39.0 Å². The zero-order chi connectivity index (χ0) is 20.7. The van der Waals surface area contributed by atoms with Gasteiger partial charge in [0, 0.05) is 11.4 Å². The second-order valence-electron chi connectivity index (χ2n) is 6.31. The van der Waals surface area contributed by atoms with E-state index in [2.05, 4.69) is 22.4 Å². The van der Waals surface area contributed by atoms with Crippen LogP contribution in [0, 0.1) is 0 Å². The van der Waals surface area contributed by atoms with Crippen LogP contribution in [0.3, 0.4) is 0 Å². The molecule has 28 heavy (non-hydrogen) atoms. The Morgan fingerprint density at radius 3 is 2.54 bits per heavy atom. The number of H-pyrrole nitrogens is 1. The summed E-state index contributed by atoms with van der Waals surface area (Å²) >= 11 is 5.84. The maximum atomic E-state index is 12.2. The maximum absolute atomic E-state index is 12.2. The van der Waals surface area contributed by atoms with Crippen molar-refractivity contribution >= 4 is 23.2 Å². The molecule has 0 radical (unpaired) electrons. The molecule has 0 bridgehead atoms. The molecular weight excluding hydrogens is 384 g/mol. The summed E-state index contributed by atoms with van der Waals surface area (Å²) in [5, 5.41) is 14.9. The molecule has 9 heteroatoms. The number of carbonyl (C=O) groups is 1. The molecule has 2 aromatic rings. The first kappa shape index (κ1) is 21.4. The summed E-state index contributed by atoms with van der Waals surface area (Å²) in [6.45, 7) is 3.54. The minimum absolute atomic E-state index is 0.0726. The highest BCUT2D eigenvalue weighted by molar-refractivity contribution is 6.30. The van der Waals surface area contributed by atoms with Crippen LogP contribution in [0.25, 0.3) is 5.69 Å². The van der Waals surface area contributed by atoms with E-state index in [1.807, 2.05) is 0 Å². The van der Waals surface area contributed by atoms with Crippen molar-refractivity contribution in [3.05, 3.63) is 55.7 Å². The molecule has 150 valence electrons. The van der Waals surface area contributed by atoms with Crippen LogP contribution in [-0.2, 0) is 4.79 Å². The molecule has 0 unspecified atom stereocenters. The average Bonchev–Trinajstić information content (AvgIpc) is 2.64. The normalized spacial score (nSPS) is 11.5. The quantitative estimate of drug-likeness (QED) is 0.355. The van der Waals surface area contributed by atoms with Crippen molar-refractivity contribution in [2.75, 3.05) is 0 Å². The van der Waals surface area contributed by atoms with Crippen LogP contribution < -0.4 is 16.7 Å². The number of unbranched alkanes of at least 4 members (excludes halogenated alkanes) is 3. The van der Waals surface area contributed by atoms with Gasteiger partial charge in [0.25, 0.3) is 5.56 Å². The molecule has 0 aliphatic carbocycles. The van der Waals surface area contributed by atoms with Crippen molar-refractivity contribution in [3.63, 3.8) is 0 Å². The van der Waals surface area contributed by atoms with Gasteiger partial charge in [0.2, 0.25) is 11.8 Å². The highest BCUT2D eigenvalue weighted by Gasteiger charge is 2.18. The van der Waals surface area contributed by atoms with Crippen LogP contribution in [-0.4, -0.2) is 26.3 Å². The average molecular weight is 407 g/mol. The molecule has 1 aromatic heterocycles. The van der Waals surface area contributed by atoms with Gasteiger partial charge >= 0.3 is 5.69 Å². The fourth-order valence-electron chi connectivity index (χ4n) is 2.65. The number of rotatable bonds is 8. The van der Waals surface area contributed by atoms with E-state index in [0.717, 1.165) is 30.3 Å². The number of hydrogen-bond acceptors (Lipinski definition) is 5. The molecule has 0 aliphatic heterocycles. The topological polar surface area (TPSA) is 117 Å². The van der Waals surface area contributed by atoms with Crippen molar-refractivity contribution in [1.29, 1.82) is 0 Å². The SMILES string of the molecule is CCCCCCC(=O)N/N=C(\C)c1c(O)n(-c2ccc(Cl)cc2)c(=O)[nH]c1=O. The van der Waals surface area contributed by atoms with Crippen LogP contribution >= 0.6 is 11.6 Å². The Morgan fingerprint density at radius 1 is 1.21 bits per heavy atom. The fraction of sp³-hybridized carbons (Fsp3) is 0.368. The first-order valence-corrected chi connectivity index (χ1v) is 9.40. The maximum Gasteiger partial charge on any atom is 0.335 e. The van der Waals surface area contributed by atoms with E-state index in [-0.39, 0.29) is 17.2 Å². The molecule has 2 rings (SSSR count). The Bertz CT molecular complexity index is 977. The molecule has 1 amide bonds. The lowest BCUT2D eigenvalue weighted by atomic mass is 10.1. The van der Waals surface area contributed by atoms with E-state index >= 15 is 0 Å². The lowest BCUT2D eigenvalue weighted by Gasteiger charge is -2.11. The molecule has 0 spiro atoms. The standard InChI is InChI=1S/C19H23ClN4O4/c1-3-4-5-6-7-15(25)23-22-12(2)16-17(26)21-19(28)24(18(16)27)14-10-8-13(20)9-11-14/h8-11,27H,3-7H2,1-2H3,(H,23,25)(H,21,26,28)/b22-12+. The lowest BCUT2D eigenvalue weighted by Crippen LogP contribution is -2.33. The number of halogens is 1. The van der Waals surface area contributed by atoms with Gasteiger partial charge in [0.1, 0.15) is 5.56 Å². The van der Waals surface area contributed by atoms with Gasteiger partial charge < -0.3 is 5.11 Å². The van der Waals surface area contributed by atoms with Crippen molar-refractivity contribution in [2.45, 2.75) is 46.0 Å². The summed E-state index contributed by atoms with van der Waals surface area (Å²) < 4.78 is 0.929. The third kappa shape index (κ3) is 5.32. The zero-order valence-corrected chi connectivity index (χ0v) is 16.5. The van der Waals surface area contributed by atoms with E-state index in [9.17, 15) is 19.5 Å². The number of amides is 1. The lowest BCUT2D eigenvalue weighted by molar-refractivity contribution is -0.121. The van der Waals surface area contributed by atoms with Crippen LogP contribution in [0.1, 0.15) is 51.5 Å². The van der Waals surface area contributed by atoms with E-state index in [0.29, 0.717) is 17.1 Å². The molecular formula is C19H23ClN4O4. The summed E-state index contributed by atoms with van der Waals surface area (Å²) in [6.07, 6.45) is 4.17. The summed E-state index contributed by atoms with van der Waals surface area (Å²) in [5.74, 6) is -0.855. The van der Waals surface area contributed by atoms with Gasteiger partial charge in [-0.05, 0) is 37.6 Å². The Morgan fingerprint density at radius 2 is 1.89 bits per heavy atom. The number of carbonyl (C=O) groups excluding carboxylic acids is 1. The highest BCUT2D eigenvalue weighted by Crippen LogP contribution is 2.19. The molecule has 0 aliphatic rings. The minimum atomic E-state index is -0.804. The fourth-order valence-corrected chi connectivity index (χ4v) is 2.78. The smallest absolute Gasteiger partial charge is 0.335 e. The monoisotopic (exact) mass is 406 g/mol. The molecule has 0 saturated heterocycles. The number of aromatic nitrogens is 2. The van der Waals surface area contributed by atoms with E-state index in [4.69, 9.17) is 11.6 Å². The predicted octanol–water partition coefficient (Wildman–Crippen LogP) is 2.70. The van der Waals surface area contributed by atoms with Gasteiger partial charge in [0.05, 0.1) is 11.4 Å². The van der Waals surface area contributed by atoms with Crippen molar-refractivity contribution < 1.29 is 9.90 Å². The molecule has 0 saturated carbocycles. The number of nitrogens with zero attached hydrogens (tertiary/aromatic N) is 2. The summed E-state index contributed by atoms with van der Waals surface area (Å²) in [6, 6.07) is 6.15. The number of hydrogen-bond donors (Lipinski definition) is 3. The predicted molar refractivity (Wildman–Crippen MR) is 108 cm³/mol. The van der Waals surface area contributed by atoms with E-state index in [1.165, 1.54) is 19.1 Å². The molecule has 0 atom stereocenters. The van der Waals surface area contributed by atoms with Crippen LogP contribution in [0.5, 0.6) is 5.88 Å². The molecule has 1 aromatic carbocycles. The van der Waals surface area contributed by atoms with Crippen LogP contribution in [0.2, 0.25) is 5.02 Å². The Labute approximate surface area is 166 Å². The second kappa shape index (κ2) is 9.89. The molecule has 8 nitrogen and oxygen atoms in total. The Hall–Kier alpha value is -2.87. The first-order valence-electron chi connectivity index (χ1n) is 9.03. The van der Waals surface area contributed by atoms with Gasteiger partial charge in [-0.1, -0.05) is 37.8 Å². The molecule has 0 fully saturated rings. The third-order valence-electron chi connectivity index (χ3n) is 4.14. The van der Waals surface area contributed by atoms with Gasteiger partial charge in [-0.3, -0.25) is 14.6 Å². The summed E-state index contributed by atoms with van der Waals surface area (Å²) in [4.78, 5) is 38.3. The van der Waals surface area contributed by atoms with E-state index < -0.39 is 17.1 Å². The van der Waals surface area contributed by atoms with E-state index in [1.54, 1.807) is 12.1 Å². The van der Waals surface area contributed by atoms with Gasteiger partial charge in [0.15, 0.2) is 0 Å². The van der Waals surface area contributed by atoms with Crippen LogP contribution in [0.4, 0.5) is 0 Å². The largest absolute Gasteiger partial charge is 0.493 e. The first-order chi connectivity index (χ1) is 13.3. The van der Waals surface area contributed by atoms with Crippen molar-refractivity contribution in [2.24, 2.45) is 5.10 Å². The second-order valence-corrected chi connectivity index (χ2v) is 6.75. The number of hydrazone groups is 1. The van der Waals surface area contributed by atoms with Crippen molar-refractivity contribution in [3.8, 4) is 11.6 Å². The number of nitrogens with one attached hydrogen (secondary N) is 2. The minimum Gasteiger partial charge on any atom is -0.493 e. The molecule has 3 N–H and O–H groups in total. The van der Waals surface area contributed by atoms with Gasteiger partial charge in [-0.25, -0.2) is 14.8 Å². The van der Waals surface area contributed by atoms with Crippen molar-refractivity contribution in [1.82, 2.24) is 15.0 Å². The highest BCUT2D eigenvalue weighted by atomic mass is 35.5. The third-order valence-corrected chi connectivity index (χ3v) is 4.39. The Balaban J connectivity index is 2.28. The number of benzene rings is 1. The van der Waals surface area contributed by atoms with Gasteiger partial charge in [-0.2, -0.15) is 5.10 Å². The number of aromatic amines is 1. The summed E-state index contributed by atoms with van der Waals surface area (Å²) in [7, 11) is 0. The zero-order valence-electron chi connectivity index (χ0n) is 15.8. The molecule has 1 heterocycles.